The molecule has 92 valence electrons. The van der Waals surface area contributed by atoms with Crippen LogP contribution < -0.4 is 11.1 Å². The highest BCUT2D eigenvalue weighted by Gasteiger charge is 2.13. The van der Waals surface area contributed by atoms with Crippen molar-refractivity contribution in [3.8, 4) is 0 Å². The van der Waals surface area contributed by atoms with Crippen LogP contribution in [0.5, 0.6) is 0 Å². The Bertz CT molecular complexity index is 595. The maximum atomic E-state index is 11.9. The van der Waals surface area contributed by atoms with Crippen LogP contribution in [-0.2, 0) is 0 Å². The number of thiophene rings is 1. The van der Waals surface area contributed by atoms with Crippen LogP contribution in [0, 0.1) is 0 Å². The molecule has 2 rings (SSSR count). The number of nitrogens with zero attached hydrogens (tertiary/aromatic N) is 1. The van der Waals surface area contributed by atoms with Crippen molar-refractivity contribution in [1.29, 1.82) is 0 Å². The topological polar surface area (TPSA) is 85.1 Å². The molecule has 2 heterocycles. The number of hydrogen-bond acceptors (Lipinski definition) is 4. The normalized spacial score (nSPS) is 10.1. The fraction of sp³-hybridized carbons (Fsp3) is 0. The van der Waals surface area contributed by atoms with Gasteiger partial charge in [-0.15, -0.1) is 11.3 Å². The van der Waals surface area contributed by atoms with Crippen molar-refractivity contribution in [3.05, 3.63) is 46.1 Å². The van der Waals surface area contributed by atoms with Crippen molar-refractivity contribution in [2.24, 2.45) is 5.73 Å². The molecule has 0 saturated carbocycles. The van der Waals surface area contributed by atoms with Crippen molar-refractivity contribution in [3.63, 3.8) is 0 Å². The monoisotopic (exact) mass is 281 g/mol. The Balaban J connectivity index is 2.19. The summed E-state index contributed by atoms with van der Waals surface area (Å²) >= 11 is 6.85. The molecule has 0 fully saturated rings. The zero-order chi connectivity index (χ0) is 13.1. The number of primary amides is 1. The summed E-state index contributed by atoms with van der Waals surface area (Å²) < 4.78 is 0. The number of carbonyl (C=O) groups excluding carboxylic acids is 2. The Morgan fingerprint density at radius 1 is 1.33 bits per heavy atom. The molecule has 0 aliphatic heterocycles. The van der Waals surface area contributed by atoms with Gasteiger partial charge >= 0.3 is 0 Å². The first-order chi connectivity index (χ1) is 8.58. The highest BCUT2D eigenvalue weighted by atomic mass is 35.5. The van der Waals surface area contributed by atoms with Gasteiger partial charge in [-0.05, 0) is 23.6 Å². The molecule has 2 aromatic heterocycles. The minimum absolute atomic E-state index is 0.287. The van der Waals surface area contributed by atoms with Gasteiger partial charge in [-0.1, -0.05) is 11.6 Å². The zero-order valence-corrected chi connectivity index (χ0v) is 10.6. The van der Waals surface area contributed by atoms with Gasteiger partial charge in [-0.25, -0.2) is 4.98 Å². The number of nitrogens with one attached hydrogen (secondary N) is 1. The Labute approximate surface area is 112 Å². The van der Waals surface area contributed by atoms with Crippen molar-refractivity contribution in [2.45, 2.75) is 0 Å². The van der Waals surface area contributed by atoms with Crippen LogP contribution in [0.1, 0.15) is 20.7 Å². The van der Waals surface area contributed by atoms with Crippen molar-refractivity contribution >= 4 is 39.8 Å². The number of rotatable bonds is 3. The molecular formula is C11H8ClN3O2S. The molecule has 2 aromatic rings. The second-order valence-electron chi connectivity index (χ2n) is 3.35. The summed E-state index contributed by atoms with van der Waals surface area (Å²) in [5.74, 6) is -0.954. The predicted octanol–water partition coefficient (Wildman–Crippen LogP) is 2.15. The van der Waals surface area contributed by atoms with Crippen LogP contribution in [0.15, 0.2) is 29.8 Å². The van der Waals surface area contributed by atoms with Crippen molar-refractivity contribution in [1.82, 2.24) is 4.98 Å². The predicted molar refractivity (Wildman–Crippen MR) is 70.0 cm³/mol. The van der Waals surface area contributed by atoms with Crippen LogP contribution in [0.4, 0.5) is 5.00 Å². The summed E-state index contributed by atoms with van der Waals surface area (Å²) in [6.07, 6.45) is 1.36. The van der Waals surface area contributed by atoms with Gasteiger partial charge in [0.2, 0.25) is 0 Å². The highest BCUT2D eigenvalue weighted by Crippen LogP contribution is 2.23. The Morgan fingerprint density at radius 2 is 2.11 bits per heavy atom. The maximum Gasteiger partial charge on any atom is 0.257 e. The molecule has 0 aromatic carbocycles. The van der Waals surface area contributed by atoms with E-state index in [1.807, 2.05) is 0 Å². The highest BCUT2D eigenvalue weighted by molar-refractivity contribution is 7.14. The number of carbonyl (C=O) groups is 2. The first-order valence-electron chi connectivity index (χ1n) is 4.88. The molecule has 18 heavy (non-hydrogen) atoms. The van der Waals surface area contributed by atoms with Gasteiger partial charge in [-0.3, -0.25) is 9.59 Å². The number of nitrogens with two attached hydrogens (primary N) is 1. The summed E-state index contributed by atoms with van der Waals surface area (Å²) in [6.45, 7) is 0. The summed E-state index contributed by atoms with van der Waals surface area (Å²) in [6, 6.07) is 4.62. The molecule has 0 radical (unpaired) electrons. The fourth-order valence-electron chi connectivity index (χ4n) is 1.29. The van der Waals surface area contributed by atoms with E-state index in [0.29, 0.717) is 15.7 Å². The van der Waals surface area contributed by atoms with E-state index in [1.165, 1.54) is 23.6 Å². The molecule has 0 atom stereocenters. The lowest BCUT2D eigenvalue weighted by Crippen LogP contribution is -2.16. The summed E-state index contributed by atoms with van der Waals surface area (Å²) in [4.78, 5) is 26.8. The fourth-order valence-corrected chi connectivity index (χ4v) is 2.18. The SMILES string of the molecule is NC(=O)c1ccsc1NC(=O)c1ccc(Cl)nc1. The van der Waals surface area contributed by atoms with Gasteiger partial charge in [-0.2, -0.15) is 0 Å². The molecule has 0 spiro atoms. The van der Waals surface area contributed by atoms with E-state index in [9.17, 15) is 9.59 Å². The van der Waals surface area contributed by atoms with E-state index in [1.54, 1.807) is 17.5 Å². The molecule has 0 saturated heterocycles. The lowest BCUT2D eigenvalue weighted by atomic mass is 10.2. The average molecular weight is 282 g/mol. The quantitative estimate of drug-likeness (QED) is 0.845. The third kappa shape index (κ3) is 2.66. The maximum absolute atomic E-state index is 11.9. The van der Waals surface area contributed by atoms with Gasteiger partial charge < -0.3 is 11.1 Å². The standard InChI is InChI=1S/C11H8ClN3O2S/c12-8-2-1-6(5-14-8)10(17)15-11-7(9(13)16)3-4-18-11/h1-5H,(H2,13,16)(H,15,17). The number of halogens is 1. The molecule has 2 amide bonds. The number of hydrogen-bond donors (Lipinski definition) is 2. The Hall–Kier alpha value is -1.92. The minimum atomic E-state index is -0.583. The molecule has 0 unspecified atom stereocenters. The summed E-state index contributed by atoms with van der Waals surface area (Å²) in [5, 5.41) is 5.00. The Morgan fingerprint density at radius 3 is 2.72 bits per heavy atom. The van der Waals surface area contributed by atoms with Crippen LogP contribution >= 0.6 is 22.9 Å². The van der Waals surface area contributed by atoms with Gasteiger partial charge in [0.15, 0.2) is 0 Å². The van der Waals surface area contributed by atoms with Gasteiger partial charge in [0.05, 0.1) is 11.1 Å². The third-order valence-corrected chi connectivity index (χ3v) is 3.20. The molecule has 7 heteroatoms. The van der Waals surface area contributed by atoms with E-state index >= 15 is 0 Å². The van der Waals surface area contributed by atoms with E-state index in [4.69, 9.17) is 17.3 Å². The summed E-state index contributed by atoms with van der Waals surface area (Å²) in [7, 11) is 0. The zero-order valence-electron chi connectivity index (χ0n) is 9.01. The number of anilines is 1. The molecule has 5 nitrogen and oxygen atoms in total. The number of amides is 2. The Kier molecular flexibility index (Phi) is 3.59. The largest absolute Gasteiger partial charge is 0.366 e. The number of aromatic nitrogens is 1. The third-order valence-electron chi connectivity index (χ3n) is 2.15. The molecule has 0 aliphatic rings. The van der Waals surface area contributed by atoms with E-state index in [2.05, 4.69) is 10.3 Å². The van der Waals surface area contributed by atoms with Crippen LogP contribution in [0.3, 0.4) is 0 Å². The minimum Gasteiger partial charge on any atom is -0.366 e. The van der Waals surface area contributed by atoms with E-state index in [-0.39, 0.29) is 11.5 Å². The summed E-state index contributed by atoms with van der Waals surface area (Å²) in [5.41, 5.74) is 5.82. The average Bonchev–Trinajstić information content (AvgIpc) is 2.78. The molecule has 3 N–H and O–H groups in total. The van der Waals surface area contributed by atoms with Crippen LogP contribution in [0.25, 0.3) is 0 Å². The molecule has 0 aliphatic carbocycles. The second kappa shape index (κ2) is 5.16. The lowest BCUT2D eigenvalue weighted by molar-refractivity contribution is 0.100. The van der Waals surface area contributed by atoms with Crippen LogP contribution in [-0.4, -0.2) is 16.8 Å². The first kappa shape index (κ1) is 12.5. The first-order valence-corrected chi connectivity index (χ1v) is 6.14. The molecular weight excluding hydrogens is 274 g/mol. The second-order valence-corrected chi connectivity index (χ2v) is 4.65. The number of pyridine rings is 1. The van der Waals surface area contributed by atoms with Gasteiger partial charge in [0.1, 0.15) is 10.2 Å². The van der Waals surface area contributed by atoms with Crippen molar-refractivity contribution in [2.75, 3.05) is 5.32 Å². The smallest absolute Gasteiger partial charge is 0.257 e. The van der Waals surface area contributed by atoms with Gasteiger partial charge in [0.25, 0.3) is 11.8 Å². The van der Waals surface area contributed by atoms with E-state index in [0.717, 1.165) is 0 Å². The van der Waals surface area contributed by atoms with Gasteiger partial charge in [0, 0.05) is 6.20 Å². The van der Waals surface area contributed by atoms with E-state index < -0.39 is 5.91 Å². The van der Waals surface area contributed by atoms with Crippen LogP contribution in [0.2, 0.25) is 5.15 Å². The lowest BCUT2D eigenvalue weighted by Gasteiger charge is -2.04. The van der Waals surface area contributed by atoms with Crippen molar-refractivity contribution < 1.29 is 9.59 Å². The molecule has 0 bridgehead atoms.